The molecule has 4 heterocycles. The Morgan fingerprint density at radius 1 is 1.19 bits per heavy atom. The van der Waals surface area contributed by atoms with Crippen LogP contribution < -0.4 is 4.74 Å². The number of ether oxygens (including phenoxy) is 3. The lowest BCUT2D eigenvalue weighted by molar-refractivity contribution is -0.0591. The number of nitriles is 1. The summed E-state index contributed by atoms with van der Waals surface area (Å²) in [5.41, 5.74) is 3.52. The van der Waals surface area contributed by atoms with Gasteiger partial charge in [0.15, 0.2) is 0 Å². The molecule has 1 saturated carbocycles. The Kier molecular flexibility index (Phi) is 7.25. The van der Waals surface area contributed by atoms with Gasteiger partial charge in [-0.25, -0.2) is 19.2 Å². The molecule has 3 fully saturated rings. The Balaban J connectivity index is 1.03. The van der Waals surface area contributed by atoms with Crippen LogP contribution in [0.2, 0.25) is 5.02 Å². The second-order valence-corrected chi connectivity index (χ2v) is 11.8. The van der Waals surface area contributed by atoms with E-state index in [9.17, 15) is 9.18 Å². The van der Waals surface area contributed by atoms with Crippen LogP contribution in [-0.4, -0.2) is 58.3 Å². The number of piperidine rings is 1. The van der Waals surface area contributed by atoms with E-state index in [1.54, 1.807) is 30.3 Å². The molecule has 220 valence electrons. The summed E-state index contributed by atoms with van der Waals surface area (Å²) in [7, 11) is 1.36. The Morgan fingerprint density at radius 3 is 2.70 bits per heavy atom. The quantitative estimate of drug-likeness (QED) is 0.244. The summed E-state index contributed by atoms with van der Waals surface area (Å²) in [6.07, 6.45) is 1.10. The second kappa shape index (κ2) is 11.2. The number of benzene rings is 2. The molecule has 4 atom stereocenters. The summed E-state index contributed by atoms with van der Waals surface area (Å²) in [5.74, 6) is 1.78. The third kappa shape index (κ3) is 5.33. The standard InChI is InChI=1S/C32H29ClFN5O4/c1-41-32(40)20-10-24(33)31-27(11-20)39(13-21-7-8-42-21)28(37-31)16-38-14-22-23(15-38)30(22)26-3-2-4-29(36-26)43-17-19-6-5-18(12-35)9-25(19)34/h2-6,9-11,21-23,30H,7-8,13-17H2,1H3/t21-,22-,23+,30+/m0/s1. The highest BCUT2D eigenvalue weighted by atomic mass is 35.5. The van der Waals surface area contributed by atoms with Gasteiger partial charge < -0.3 is 18.8 Å². The van der Waals surface area contributed by atoms with Crippen LogP contribution in [0.25, 0.3) is 11.0 Å². The summed E-state index contributed by atoms with van der Waals surface area (Å²) in [4.78, 5) is 24.3. The molecule has 43 heavy (non-hydrogen) atoms. The van der Waals surface area contributed by atoms with E-state index in [0.717, 1.165) is 43.2 Å². The summed E-state index contributed by atoms with van der Waals surface area (Å²) in [6, 6.07) is 15.4. The van der Waals surface area contributed by atoms with Crippen LogP contribution in [0.15, 0.2) is 48.5 Å². The molecule has 9 nitrogen and oxygen atoms in total. The summed E-state index contributed by atoms with van der Waals surface area (Å²) in [5, 5.41) is 9.37. The van der Waals surface area contributed by atoms with Crippen LogP contribution in [0.4, 0.5) is 4.39 Å². The molecule has 0 amide bonds. The van der Waals surface area contributed by atoms with Crippen molar-refractivity contribution in [2.75, 3.05) is 26.8 Å². The van der Waals surface area contributed by atoms with E-state index in [-0.39, 0.29) is 18.3 Å². The van der Waals surface area contributed by atoms with Crippen molar-refractivity contribution in [1.82, 2.24) is 19.4 Å². The average Bonchev–Trinajstić information content (AvgIpc) is 3.30. The van der Waals surface area contributed by atoms with Crippen LogP contribution in [-0.2, 0) is 29.2 Å². The topological polar surface area (TPSA) is 102 Å². The predicted molar refractivity (Wildman–Crippen MR) is 155 cm³/mol. The lowest BCUT2D eigenvalue weighted by atomic mass is 10.1. The molecule has 2 aromatic heterocycles. The highest BCUT2D eigenvalue weighted by Gasteiger charge is 2.57. The lowest BCUT2D eigenvalue weighted by Gasteiger charge is -2.28. The first kappa shape index (κ1) is 27.8. The number of carbonyl (C=O) groups excluding carboxylic acids is 1. The van der Waals surface area contributed by atoms with Crippen molar-refractivity contribution >= 4 is 28.6 Å². The number of rotatable bonds is 9. The molecule has 1 aliphatic carbocycles. The zero-order valence-corrected chi connectivity index (χ0v) is 24.3. The summed E-state index contributed by atoms with van der Waals surface area (Å²) in [6.45, 7) is 3.95. The van der Waals surface area contributed by atoms with E-state index in [1.165, 1.54) is 13.2 Å². The SMILES string of the molecule is COC(=O)c1cc(Cl)c2nc(CN3C[C@@H]4[C@H](C3)[C@H]4c3cccc(OCc4ccc(C#N)cc4F)n3)n(C[C@@H]3CCO3)c2c1. The molecule has 2 aromatic carbocycles. The lowest BCUT2D eigenvalue weighted by Crippen LogP contribution is -2.33. The van der Waals surface area contributed by atoms with Crippen LogP contribution in [0.3, 0.4) is 0 Å². The van der Waals surface area contributed by atoms with E-state index < -0.39 is 11.8 Å². The minimum Gasteiger partial charge on any atom is -0.473 e. The molecule has 3 aliphatic rings. The van der Waals surface area contributed by atoms with Crippen molar-refractivity contribution in [3.63, 3.8) is 0 Å². The van der Waals surface area contributed by atoms with Gasteiger partial charge in [-0.05, 0) is 48.6 Å². The van der Waals surface area contributed by atoms with Crippen molar-refractivity contribution in [2.45, 2.75) is 38.1 Å². The maximum atomic E-state index is 14.3. The number of pyridine rings is 1. The predicted octanol–water partition coefficient (Wildman–Crippen LogP) is 5.10. The second-order valence-electron chi connectivity index (χ2n) is 11.4. The number of esters is 1. The average molecular weight is 602 g/mol. The highest BCUT2D eigenvalue weighted by molar-refractivity contribution is 6.35. The third-order valence-corrected chi connectivity index (χ3v) is 9.05. The molecule has 0 spiro atoms. The van der Waals surface area contributed by atoms with Crippen molar-refractivity contribution < 1.29 is 23.4 Å². The molecular formula is C32H29ClFN5O4. The van der Waals surface area contributed by atoms with Crippen LogP contribution >= 0.6 is 11.6 Å². The minimum absolute atomic E-state index is 0.0390. The van der Waals surface area contributed by atoms with Gasteiger partial charge >= 0.3 is 5.97 Å². The largest absolute Gasteiger partial charge is 0.473 e. The number of carbonyl (C=O) groups is 1. The molecule has 11 heteroatoms. The first-order valence-electron chi connectivity index (χ1n) is 14.3. The molecular weight excluding hydrogens is 573 g/mol. The first-order chi connectivity index (χ1) is 20.9. The van der Waals surface area contributed by atoms with E-state index in [2.05, 4.69) is 9.47 Å². The number of hydrogen-bond acceptors (Lipinski definition) is 8. The Morgan fingerprint density at radius 2 is 2.00 bits per heavy atom. The Hall–Kier alpha value is -4.04. The monoisotopic (exact) mass is 601 g/mol. The van der Waals surface area contributed by atoms with Crippen molar-refractivity contribution in [1.29, 1.82) is 5.26 Å². The van der Waals surface area contributed by atoms with Crippen molar-refractivity contribution in [2.24, 2.45) is 11.8 Å². The number of imidazole rings is 1. The van der Waals surface area contributed by atoms with E-state index in [1.807, 2.05) is 18.2 Å². The molecule has 0 unspecified atom stereocenters. The molecule has 0 N–H and O–H groups in total. The fourth-order valence-corrected chi connectivity index (χ4v) is 6.64. The number of halogens is 2. The molecule has 0 radical (unpaired) electrons. The Bertz CT molecular complexity index is 1750. The molecule has 2 saturated heterocycles. The van der Waals surface area contributed by atoms with Gasteiger partial charge in [0.2, 0.25) is 5.88 Å². The van der Waals surface area contributed by atoms with Crippen molar-refractivity contribution in [3.05, 3.63) is 87.6 Å². The minimum atomic E-state index is -0.466. The third-order valence-electron chi connectivity index (χ3n) is 8.77. The van der Waals surface area contributed by atoms with Gasteiger partial charge in [-0.1, -0.05) is 23.7 Å². The maximum absolute atomic E-state index is 14.3. The number of fused-ring (bicyclic) bond motifs is 2. The fourth-order valence-electron chi connectivity index (χ4n) is 6.39. The van der Waals surface area contributed by atoms with E-state index >= 15 is 0 Å². The van der Waals surface area contributed by atoms with Gasteiger partial charge in [0, 0.05) is 42.9 Å². The zero-order chi connectivity index (χ0) is 29.7. The molecule has 0 bridgehead atoms. The van der Waals surface area contributed by atoms with Crippen LogP contribution in [0.1, 0.15) is 45.3 Å². The normalized spacial score (nSPS) is 22.6. The van der Waals surface area contributed by atoms with Crippen LogP contribution in [0.5, 0.6) is 5.88 Å². The van der Waals surface area contributed by atoms with Gasteiger partial charge in [-0.3, -0.25) is 4.90 Å². The van der Waals surface area contributed by atoms with Gasteiger partial charge in [0.1, 0.15) is 23.8 Å². The van der Waals surface area contributed by atoms with E-state index in [0.29, 0.717) is 58.4 Å². The first-order valence-corrected chi connectivity index (χ1v) is 14.7. The smallest absolute Gasteiger partial charge is 0.337 e. The number of likely N-dealkylation sites (tertiary alicyclic amines) is 1. The van der Waals surface area contributed by atoms with Crippen LogP contribution in [0, 0.1) is 29.0 Å². The van der Waals surface area contributed by atoms with Gasteiger partial charge in [-0.15, -0.1) is 0 Å². The van der Waals surface area contributed by atoms with Crippen molar-refractivity contribution in [3.8, 4) is 11.9 Å². The maximum Gasteiger partial charge on any atom is 0.337 e. The summed E-state index contributed by atoms with van der Waals surface area (Å²) >= 11 is 6.58. The Labute approximate surface area is 252 Å². The van der Waals surface area contributed by atoms with E-state index in [4.69, 9.17) is 41.0 Å². The number of nitrogens with zero attached hydrogens (tertiary/aromatic N) is 5. The fraction of sp³-hybridized carbons (Fsp3) is 0.375. The molecule has 4 aromatic rings. The molecule has 7 rings (SSSR count). The van der Waals surface area contributed by atoms with Gasteiger partial charge in [0.25, 0.3) is 0 Å². The number of aromatic nitrogens is 3. The van der Waals surface area contributed by atoms with Gasteiger partial charge in [-0.2, -0.15) is 5.26 Å². The number of hydrogen-bond donors (Lipinski definition) is 0. The van der Waals surface area contributed by atoms with Gasteiger partial charge in [0.05, 0.1) is 54.0 Å². The highest BCUT2D eigenvalue weighted by Crippen LogP contribution is 2.58. The zero-order valence-electron chi connectivity index (χ0n) is 23.5. The molecule has 2 aliphatic heterocycles. The number of methoxy groups -OCH3 is 1. The summed E-state index contributed by atoms with van der Waals surface area (Å²) < 4.78 is 32.9.